The highest BCUT2D eigenvalue weighted by atomic mass is 16.5. The van der Waals surface area contributed by atoms with Gasteiger partial charge >= 0.3 is 5.97 Å². The van der Waals surface area contributed by atoms with Crippen molar-refractivity contribution in [1.29, 1.82) is 0 Å². The molecule has 1 saturated heterocycles. The molecule has 1 heterocycles. The van der Waals surface area contributed by atoms with Crippen molar-refractivity contribution in [2.75, 3.05) is 26.2 Å². The van der Waals surface area contributed by atoms with Crippen molar-refractivity contribution in [2.45, 2.75) is 52.7 Å². The third kappa shape index (κ3) is 4.58. The molecule has 1 aliphatic rings. The molecule has 0 aromatic heterocycles. The lowest BCUT2D eigenvalue weighted by atomic mass is 9.98. The van der Waals surface area contributed by atoms with E-state index in [1.54, 1.807) is 0 Å². The second kappa shape index (κ2) is 5.57. The Morgan fingerprint density at radius 1 is 1.28 bits per heavy atom. The van der Waals surface area contributed by atoms with Gasteiger partial charge in [-0.2, -0.15) is 0 Å². The summed E-state index contributed by atoms with van der Waals surface area (Å²) < 4.78 is 11.1. The van der Waals surface area contributed by atoms with Crippen LogP contribution in [0, 0.1) is 5.92 Å². The fourth-order valence-electron chi connectivity index (χ4n) is 2.82. The average Bonchev–Trinajstić information content (AvgIpc) is 2.12. The zero-order valence-corrected chi connectivity index (χ0v) is 12.6. The molecule has 0 aliphatic carbocycles. The number of nitrogens with zero attached hydrogens (tertiary/aromatic N) is 1. The van der Waals surface area contributed by atoms with Crippen LogP contribution >= 0.6 is 0 Å². The highest BCUT2D eigenvalue weighted by molar-refractivity contribution is 5.72. The molecule has 4 nitrogen and oxygen atoms in total. The van der Waals surface area contributed by atoms with Crippen molar-refractivity contribution < 1.29 is 14.3 Å². The normalized spacial score (nSPS) is 24.6. The molecule has 4 heteroatoms. The fraction of sp³-hybridized carbons (Fsp3) is 0.929. The van der Waals surface area contributed by atoms with E-state index in [1.807, 2.05) is 13.8 Å². The molecule has 106 valence electrons. The van der Waals surface area contributed by atoms with Crippen LogP contribution in [0.2, 0.25) is 0 Å². The first-order valence-corrected chi connectivity index (χ1v) is 6.74. The molecule has 0 radical (unpaired) electrons. The number of carbonyl (C=O) groups is 1. The zero-order valence-electron chi connectivity index (χ0n) is 12.6. The molecule has 0 bridgehead atoms. The van der Waals surface area contributed by atoms with Gasteiger partial charge in [0.05, 0.1) is 23.7 Å². The molecule has 0 amide bonds. The van der Waals surface area contributed by atoms with Crippen molar-refractivity contribution in [1.82, 2.24) is 4.90 Å². The van der Waals surface area contributed by atoms with Crippen LogP contribution in [-0.2, 0) is 14.3 Å². The Bertz CT molecular complexity index is 283. The first-order valence-electron chi connectivity index (χ1n) is 6.74. The minimum absolute atomic E-state index is 0.0883. The SMILES string of the molecule is CCOC(=O)C(C)CN1CC(C)(C)OC(C)(C)C1. The topological polar surface area (TPSA) is 38.8 Å². The van der Waals surface area contributed by atoms with Crippen molar-refractivity contribution in [3.63, 3.8) is 0 Å². The predicted octanol–water partition coefficient (Wildman–Crippen LogP) is 2.08. The Labute approximate surface area is 111 Å². The summed E-state index contributed by atoms with van der Waals surface area (Å²) in [6.45, 7) is 15.0. The molecule has 1 aliphatic heterocycles. The standard InChI is InChI=1S/C14H27NO3/c1-7-17-12(16)11(2)8-15-9-13(3,4)18-14(5,6)10-15/h11H,7-10H2,1-6H3. The van der Waals surface area contributed by atoms with E-state index in [2.05, 4.69) is 32.6 Å². The van der Waals surface area contributed by atoms with Gasteiger partial charge < -0.3 is 9.47 Å². The minimum Gasteiger partial charge on any atom is -0.466 e. The number of hydrogen-bond acceptors (Lipinski definition) is 4. The van der Waals surface area contributed by atoms with E-state index in [0.717, 1.165) is 19.6 Å². The molecular formula is C14H27NO3. The summed E-state index contributed by atoms with van der Waals surface area (Å²) in [4.78, 5) is 14.0. The van der Waals surface area contributed by atoms with E-state index >= 15 is 0 Å². The predicted molar refractivity (Wildman–Crippen MR) is 71.5 cm³/mol. The summed E-state index contributed by atoms with van der Waals surface area (Å²) in [6, 6.07) is 0. The summed E-state index contributed by atoms with van der Waals surface area (Å²) in [6.07, 6.45) is 0. The van der Waals surface area contributed by atoms with Crippen LogP contribution in [0.3, 0.4) is 0 Å². The lowest BCUT2D eigenvalue weighted by Gasteiger charge is -2.47. The number of esters is 1. The lowest BCUT2D eigenvalue weighted by Crippen LogP contribution is -2.58. The van der Waals surface area contributed by atoms with Crippen LogP contribution < -0.4 is 0 Å². The maximum atomic E-state index is 11.7. The van der Waals surface area contributed by atoms with Gasteiger partial charge in [-0.25, -0.2) is 0 Å². The summed E-state index contributed by atoms with van der Waals surface area (Å²) in [5.74, 6) is -0.200. The first kappa shape index (κ1) is 15.4. The molecule has 0 N–H and O–H groups in total. The van der Waals surface area contributed by atoms with E-state index < -0.39 is 0 Å². The number of morpholine rings is 1. The summed E-state index contributed by atoms with van der Waals surface area (Å²) >= 11 is 0. The van der Waals surface area contributed by atoms with Crippen molar-refractivity contribution in [2.24, 2.45) is 5.92 Å². The molecule has 0 saturated carbocycles. The van der Waals surface area contributed by atoms with Crippen LogP contribution in [-0.4, -0.2) is 48.3 Å². The second-order valence-corrected chi connectivity index (χ2v) is 6.44. The Balaban J connectivity index is 2.59. The van der Waals surface area contributed by atoms with Gasteiger partial charge in [-0.15, -0.1) is 0 Å². The van der Waals surface area contributed by atoms with Gasteiger partial charge in [0, 0.05) is 19.6 Å². The van der Waals surface area contributed by atoms with Gasteiger partial charge in [-0.1, -0.05) is 6.92 Å². The van der Waals surface area contributed by atoms with Crippen LogP contribution in [0.1, 0.15) is 41.5 Å². The third-order valence-electron chi connectivity index (χ3n) is 2.98. The van der Waals surface area contributed by atoms with E-state index in [4.69, 9.17) is 9.47 Å². The summed E-state index contributed by atoms with van der Waals surface area (Å²) in [7, 11) is 0. The Morgan fingerprint density at radius 3 is 2.22 bits per heavy atom. The molecule has 1 fully saturated rings. The Hall–Kier alpha value is -0.610. The number of rotatable bonds is 4. The largest absolute Gasteiger partial charge is 0.466 e. The van der Waals surface area contributed by atoms with E-state index in [1.165, 1.54) is 0 Å². The highest BCUT2D eigenvalue weighted by Crippen LogP contribution is 2.28. The van der Waals surface area contributed by atoms with Crippen LogP contribution in [0.25, 0.3) is 0 Å². The quantitative estimate of drug-likeness (QED) is 0.723. The second-order valence-electron chi connectivity index (χ2n) is 6.44. The van der Waals surface area contributed by atoms with Crippen LogP contribution in [0.15, 0.2) is 0 Å². The van der Waals surface area contributed by atoms with E-state index in [-0.39, 0.29) is 23.1 Å². The van der Waals surface area contributed by atoms with E-state index in [9.17, 15) is 4.79 Å². The van der Waals surface area contributed by atoms with Crippen molar-refractivity contribution in [3.05, 3.63) is 0 Å². The lowest BCUT2D eigenvalue weighted by molar-refractivity contribution is -0.184. The fourth-order valence-corrected chi connectivity index (χ4v) is 2.82. The molecule has 0 aromatic rings. The average molecular weight is 257 g/mol. The molecular weight excluding hydrogens is 230 g/mol. The maximum Gasteiger partial charge on any atom is 0.309 e. The van der Waals surface area contributed by atoms with Crippen LogP contribution in [0.4, 0.5) is 0 Å². The zero-order chi connectivity index (χ0) is 14.0. The van der Waals surface area contributed by atoms with Crippen LogP contribution in [0.5, 0.6) is 0 Å². The molecule has 1 unspecified atom stereocenters. The van der Waals surface area contributed by atoms with Gasteiger partial charge in [-0.3, -0.25) is 9.69 Å². The first-order chi connectivity index (χ1) is 8.15. The third-order valence-corrected chi connectivity index (χ3v) is 2.98. The molecule has 1 rings (SSSR count). The number of ether oxygens (including phenoxy) is 2. The van der Waals surface area contributed by atoms with Gasteiger partial charge in [0.25, 0.3) is 0 Å². The highest BCUT2D eigenvalue weighted by Gasteiger charge is 2.38. The summed E-state index contributed by atoms with van der Waals surface area (Å²) in [5, 5.41) is 0. The van der Waals surface area contributed by atoms with Gasteiger partial charge in [-0.05, 0) is 34.6 Å². The molecule has 0 aromatic carbocycles. The summed E-state index contributed by atoms with van der Waals surface area (Å²) in [5.41, 5.74) is -0.341. The molecule has 1 atom stereocenters. The number of hydrogen-bond donors (Lipinski definition) is 0. The molecule has 18 heavy (non-hydrogen) atoms. The minimum atomic E-state index is -0.171. The number of carbonyl (C=O) groups excluding carboxylic acids is 1. The Morgan fingerprint density at radius 2 is 1.78 bits per heavy atom. The van der Waals surface area contributed by atoms with Crippen molar-refractivity contribution >= 4 is 5.97 Å². The molecule has 0 spiro atoms. The van der Waals surface area contributed by atoms with Crippen molar-refractivity contribution in [3.8, 4) is 0 Å². The van der Waals surface area contributed by atoms with Gasteiger partial charge in [0.2, 0.25) is 0 Å². The Kier molecular flexibility index (Phi) is 4.78. The maximum absolute atomic E-state index is 11.7. The smallest absolute Gasteiger partial charge is 0.309 e. The monoisotopic (exact) mass is 257 g/mol. The van der Waals surface area contributed by atoms with Gasteiger partial charge in [0.1, 0.15) is 0 Å². The van der Waals surface area contributed by atoms with E-state index in [0.29, 0.717) is 6.61 Å². The van der Waals surface area contributed by atoms with Gasteiger partial charge in [0.15, 0.2) is 0 Å².